The Labute approximate surface area is 301 Å². The van der Waals surface area contributed by atoms with Gasteiger partial charge in [0.2, 0.25) is 5.91 Å². The summed E-state index contributed by atoms with van der Waals surface area (Å²) < 4.78 is 5.62. The van der Waals surface area contributed by atoms with Crippen LogP contribution in [0.5, 0.6) is 5.75 Å². The summed E-state index contributed by atoms with van der Waals surface area (Å²) in [5, 5.41) is 11.0. The number of methoxy groups -OCH3 is 1. The molecule has 1 heterocycles. The van der Waals surface area contributed by atoms with Gasteiger partial charge in [-0.1, -0.05) is 88.1 Å². The van der Waals surface area contributed by atoms with Crippen LogP contribution in [0.4, 0.5) is 4.79 Å². The monoisotopic (exact) mass is 682 g/mol. The minimum Gasteiger partial charge on any atom is -0.497 e. The van der Waals surface area contributed by atoms with Gasteiger partial charge in [-0.2, -0.15) is 0 Å². The second-order valence-corrected chi connectivity index (χ2v) is 16.3. The quantitative estimate of drug-likeness (QED) is 0.159. The molecule has 3 fully saturated rings. The minimum atomic E-state index is -0.239. The summed E-state index contributed by atoms with van der Waals surface area (Å²) in [6.07, 6.45) is 19.5. The normalized spacial score (nSPS) is 31.1. The molecule has 4 aliphatic rings. The van der Waals surface area contributed by atoms with Crippen molar-refractivity contribution >= 4 is 11.9 Å². The largest absolute Gasteiger partial charge is 0.497 e. The third-order valence-electron chi connectivity index (χ3n) is 13.6. The van der Waals surface area contributed by atoms with Gasteiger partial charge >= 0.3 is 6.03 Å². The molecule has 3 unspecified atom stereocenters. The maximum absolute atomic E-state index is 13.9. The summed E-state index contributed by atoms with van der Waals surface area (Å²) in [6.45, 7) is 6.55. The number of aliphatic hydroxyl groups is 1. The average Bonchev–Trinajstić information content (AvgIpc) is 3.56. The number of hydrogen-bond acceptors (Lipinski definition) is 4. The summed E-state index contributed by atoms with van der Waals surface area (Å²) in [7, 11) is 3.58. The second-order valence-electron chi connectivity index (χ2n) is 16.3. The van der Waals surface area contributed by atoms with Gasteiger partial charge in [0.15, 0.2) is 0 Å². The van der Waals surface area contributed by atoms with E-state index in [4.69, 9.17) is 4.74 Å². The number of aliphatic hydroxyl groups excluding tert-OH is 1. The van der Waals surface area contributed by atoms with Crippen LogP contribution in [0.2, 0.25) is 0 Å². The predicted molar refractivity (Wildman–Crippen MR) is 201 cm³/mol. The number of urea groups is 1. The molecule has 0 spiro atoms. The van der Waals surface area contributed by atoms with Crippen LogP contribution in [0.15, 0.2) is 60.7 Å². The Morgan fingerprint density at radius 3 is 2.58 bits per heavy atom. The van der Waals surface area contributed by atoms with E-state index in [1.807, 2.05) is 44.3 Å². The highest BCUT2D eigenvalue weighted by atomic mass is 16.5. The molecule has 3 amide bonds. The summed E-state index contributed by atoms with van der Waals surface area (Å²) in [5.74, 6) is 3.28. The fourth-order valence-corrected chi connectivity index (χ4v) is 10.6. The molecule has 1 aliphatic heterocycles. The third kappa shape index (κ3) is 7.16. The Morgan fingerprint density at radius 1 is 1.04 bits per heavy atom. The smallest absolute Gasteiger partial charge is 0.327 e. The molecule has 50 heavy (non-hydrogen) atoms. The van der Waals surface area contributed by atoms with Crippen molar-refractivity contribution in [2.24, 2.45) is 29.1 Å². The van der Waals surface area contributed by atoms with Gasteiger partial charge in [-0.25, -0.2) is 4.79 Å². The SMILES string of the molecule is CCC[C@@H](CCCCCC/C=C/C[C@@H]1Cc2cc(OC)ccc2C2CC[C@@]3(C)C(CC[C@@H]3O)C21)C(=O)N1C(=O)N(C)[C@@H](C)[C@H]1c1ccccc1. The number of ether oxygens (including phenoxy) is 1. The Morgan fingerprint density at radius 2 is 1.82 bits per heavy atom. The van der Waals surface area contributed by atoms with Gasteiger partial charge in [-0.05, 0) is 129 Å². The highest BCUT2D eigenvalue weighted by molar-refractivity contribution is 5.98. The molecule has 0 radical (unpaired) electrons. The van der Waals surface area contributed by atoms with E-state index < -0.39 is 0 Å². The lowest BCUT2D eigenvalue weighted by Crippen LogP contribution is -2.47. The van der Waals surface area contributed by atoms with E-state index in [0.717, 1.165) is 94.8 Å². The van der Waals surface area contributed by atoms with E-state index in [-0.39, 0.29) is 41.5 Å². The van der Waals surface area contributed by atoms with Gasteiger partial charge in [-0.3, -0.25) is 9.69 Å². The number of fused-ring (bicyclic) bond motifs is 5. The summed E-state index contributed by atoms with van der Waals surface area (Å²) in [6, 6.07) is 16.3. The van der Waals surface area contributed by atoms with E-state index in [0.29, 0.717) is 23.7 Å². The van der Waals surface area contributed by atoms with Crippen LogP contribution in [0.1, 0.15) is 133 Å². The molecule has 2 saturated carbocycles. The first kappa shape index (κ1) is 36.7. The van der Waals surface area contributed by atoms with Gasteiger partial charge in [0.25, 0.3) is 0 Å². The Hall–Kier alpha value is -3.12. The number of benzene rings is 2. The number of amides is 3. The number of likely N-dealkylation sites (N-methyl/N-ethyl adjacent to an activating group) is 1. The molecule has 272 valence electrons. The molecule has 9 atom stereocenters. The van der Waals surface area contributed by atoms with Crippen molar-refractivity contribution in [3.63, 3.8) is 0 Å². The van der Waals surface area contributed by atoms with Gasteiger partial charge in [0.1, 0.15) is 5.75 Å². The molecule has 6 heteroatoms. The van der Waals surface area contributed by atoms with E-state index in [1.165, 1.54) is 17.5 Å². The molecular weight excluding hydrogens is 620 g/mol. The molecule has 6 rings (SSSR count). The molecule has 0 bridgehead atoms. The molecule has 3 aliphatic carbocycles. The molecule has 0 aromatic heterocycles. The van der Waals surface area contributed by atoms with Crippen molar-refractivity contribution in [3.8, 4) is 5.75 Å². The topological polar surface area (TPSA) is 70.1 Å². The number of carbonyl (C=O) groups is 2. The zero-order valence-corrected chi connectivity index (χ0v) is 31.4. The Bertz CT molecular complexity index is 1490. The zero-order valence-electron chi connectivity index (χ0n) is 31.4. The minimum absolute atomic E-state index is 0.00116. The van der Waals surface area contributed by atoms with Crippen molar-refractivity contribution in [1.82, 2.24) is 9.80 Å². The van der Waals surface area contributed by atoms with Gasteiger partial charge in [-0.15, -0.1) is 0 Å². The lowest BCUT2D eigenvalue weighted by Gasteiger charge is -2.53. The highest BCUT2D eigenvalue weighted by Gasteiger charge is 2.56. The van der Waals surface area contributed by atoms with Gasteiger partial charge in [0, 0.05) is 13.0 Å². The van der Waals surface area contributed by atoms with Crippen LogP contribution < -0.4 is 4.74 Å². The van der Waals surface area contributed by atoms with E-state index in [9.17, 15) is 14.7 Å². The molecule has 2 aromatic rings. The molecule has 6 nitrogen and oxygen atoms in total. The maximum Gasteiger partial charge on any atom is 0.327 e. The van der Waals surface area contributed by atoms with E-state index in [1.54, 1.807) is 16.9 Å². The van der Waals surface area contributed by atoms with Crippen LogP contribution in [0.3, 0.4) is 0 Å². The lowest BCUT2D eigenvalue weighted by atomic mass is 9.52. The first-order valence-electron chi connectivity index (χ1n) is 19.8. The molecule has 1 saturated heterocycles. The predicted octanol–water partition coefficient (Wildman–Crippen LogP) is 9.87. The first-order valence-corrected chi connectivity index (χ1v) is 19.8. The number of unbranched alkanes of at least 4 members (excludes halogenated alkanes) is 4. The number of nitrogens with zero attached hydrogens (tertiary/aromatic N) is 2. The number of imide groups is 1. The van der Waals surface area contributed by atoms with Crippen LogP contribution >= 0.6 is 0 Å². The summed E-state index contributed by atoms with van der Waals surface area (Å²) >= 11 is 0. The fourth-order valence-electron chi connectivity index (χ4n) is 10.6. The van der Waals surface area contributed by atoms with Crippen molar-refractivity contribution in [3.05, 3.63) is 77.4 Å². The zero-order chi connectivity index (χ0) is 35.4. The standard InChI is InChI=1S/C44H62N2O4/c1-6-17-32(42(48)46-41(30(2)45(4)43(46)49)31-18-15-12-16-19-31)20-13-10-8-7-9-11-14-21-33-28-34-29-35(50-5)22-23-36(34)37-26-27-44(3)38(40(33)37)24-25-39(44)47/h11-12,14-16,18-19,22-23,29-30,32-33,37-41,47H,6-10,13,17,20-21,24-28H2,1-5H3/b14-11+/t30-,32-,33+,37?,38?,39-,40?,41-,44-/m0/s1. The van der Waals surface area contributed by atoms with Crippen LogP contribution in [-0.2, 0) is 11.2 Å². The maximum atomic E-state index is 13.9. The van der Waals surface area contributed by atoms with Crippen molar-refractivity contribution in [2.75, 3.05) is 14.2 Å². The number of allylic oxidation sites excluding steroid dienone is 2. The Kier molecular flexibility index (Phi) is 11.8. The third-order valence-corrected chi connectivity index (χ3v) is 13.6. The second kappa shape index (κ2) is 16.0. The van der Waals surface area contributed by atoms with Crippen LogP contribution in [0.25, 0.3) is 0 Å². The summed E-state index contributed by atoms with van der Waals surface area (Å²) in [5.41, 5.74) is 4.10. The van der Waals surface area contributed by atoms with Crippen LogP contribution in [-0.4, -0.2) is 53.1 Å². The number of carbonyl (C=O) groups excluding carboxylic acids is 2. The Balaban J connectivity index is 0.997. The lowest BCUT2D eigenvalue weighted by molar-refractivity contribution is -0.134. The molecule has 2 aromatic carbocycles. The average molecular weight is 683 g/mol. The van der Waals surface area contributed by atoms with Gasteiger partial charge in [0.05, 0.1) is 25.3 Å². The number of rotatable bonds is 14. The fraction of sp³-hybridized carbons (Fsp3) is 0.636. The van der Waals surface area contributed by atoms with Crippen molar-refractivity contribution in [1.29, 1.82) is 0 Å². The van der Waals surface area contributed by atoms with E-state index >= 15 is 0 Å². The van der Waals surface area contributed by atoms with Crippen molar-refractivity contribution < 1.29 is 19.4 Å². The van der Waals surface area contributed by atoms with E-state index in [2.05, 4.69) is 44.2 Å². The number of hydrogen-bond donors (Lipinski definition) is 1. The first-order chi connectivity index (χ1) is 24.2. The van der Waals surface area contributed by atoms with Crippen LogP contribution in [0, 0.1) is 29.1 Å². The highest BCUT2D eigenvalue weighted by Crippen LogP contribution is 2.62. The summed E-state index contributed by atoms with van der Waals surface area (Å²) in [4.78, 5) is 30.5. The molecular formula is C44H62N2O4. The van der Waals surface area contributed by atoms with Crippen molar-refractivity contribution in [2.45, 2.75) is 135 Å². The van der Waals surface area contributed by atoms with Gasteiger partial charge < -0.3 is 14.7 Å². The molecule has 1 N–H and O–H groups in total.